The van der Waals surface area contributed by atoms with Crippen LogP contribution in [-0.4, -0.2) is 39.5 Å². The van der Waals surface area contributed by atoms with E-state index in [-0.39, 0.29) is 32.4 Å². The summed E-state index contributed by atoms with van der Waals surface area (Å²) in [5.41, 5.74) is -0.166. The highest BCUT2D eigenvalue weighted by atomic mass is 127. The number of rotatable bonds is 5. The van der Waals surface area contributed by atoms with E-state index in [1.165, 1.54) is 24.3 Å². The highest BCUT2D eigenvalue weighted by molar-refractivity contribution is 14.2. The lowest BCUT2D eigenvalue weighted by Gasteiger charge is -2.10. The van der Waals surface area contributed by atoms with E-state index in [0.717, 1.165) is 45.5 Å². The van der Waals surface area contributed by atoms with Crippen LogP contribution in [0.2, 0.25) is 0 Å². The quantitative estimate of drug-likeness (QED) is 0.119. The Balaban J connectivity index is 2.02. The van der Waals surface area contributed by atoms with E-state index in [2.05, 4.69) is 10.2 Å². The maximum Gasteiger partial charge on any atom is 0.295 e. The maximum absolute atomic E-state index is 12.4. The molecule has 0 unspecified atom stereocenters. The lowest BCUT2D eigenvalue weighted by molar-refractivity contribution is 0.477. The number of fused-ring (bicyclic) bond motifs is 2. The minimum absolute atomic E-state index is 0.0358. The summed E-state index contributed by atoms with van der Waals surface area (Å²) >= 11 is 1.09. The normalized spacial score (nSPS) is 13.1. The summed E-state index contributed by atoms with van der Waals surface area (Å²) < 4.78 is 90.5. The van der Waals surface area contributed by atoms with Crippen molar-refractivity contribution < 1.29 is 39.5 Å². The van der Waals surface area contributed by atoms with Gasteiger partial charge in [-0.05, 0) is 35.7 Å². The number of phenolic OH excluding ortho intramolecular Hbond substituents is 1. The molecule has 0 spiro atoms. The number of halogens is 1. The van der Waals surface area contributed by atoms with Crippen LogP contribution in [0, 0.1) is 0 Å². The van der Waals surface area contributed by atoms with Gasteiger partial charge in [-0.2, -0.15) is 16.8 Å². The second-order valence-electron chi connectivity index (χ2n) is 7.17. The Morgan fingerprint density at radius 1 is 0.714 bits per heavy atom. The molecule has 0 bridgehead atoms. The molecule has 0 aromatic heterocycles. The first-order valence-corrected chi connectivity index (χ1v) is 16.2. The topological polar surface area (TPSA) is 188 Å². The van der Waals surface area contributed by atoms with Gasteiger partial charge in [-0.3, -0.25) is 9.11 Å². The van der Waals surface area contributed by atoms with Gasteiger partial charge in [0.1, 0.15) is 16.3 Å². The van der Waals surface area contributed by atoms with Crippen molar-refractivity contribution in [3.8, 4) is 5.75 Å². The van der Waals surface area contributed by atoms with Crippen LogP contribution in [0.4, 0.5) is 11.4 Å². The zero-order valence-corrected chi connectivity index (χ0v) is 21.7. The van der Waals surface area contributed by atoms with Crippen molar-refractivity contribution in [2.24, 2.45) is 10.2 Å². The first kappa shape index (κ1) is 25.4. The molecule has 0 aliphatic heterocycles. The van der Waals surface area contributed by atoms with Crippen LogP contribution in [0.1, 0.15) is 0 Å². The van der Waals surface area contributed by atoms with Crippen molar-refractivity contribution >= 4 is 81.4 Å². The molecule has 3 N–H and O–H groups in total. The molecule has 0 amide bonds. The summed E-state index contributed by atoms with van der Waals surface area (Å²) in [6.07, 6.45) is 0. The largest absolute Gasteiger partial charge is 0.506 e. The van der Waals surface area contributed by atoms with Crippen LogP contribution in [0.15, 0.2) is 85.6 Å². The van der Waals surface area contributed by atoms with Crippen LogP contribution < -0.4 is 0 Å². The Kier molecular flexibility index (Phi) is 6.35. The smallest absolute Gasteiger partial charge is 0.295 e. The molecule has 0 atom stereocenters. The van der Waals surface area contributed by atoms with Gasteiger partial charge in [0.2, 0.25) is 7.01 Å². The van der Waals surface area contributed by atoms with Crippen molar-refractivity contribution in [3.63, 3.8) is 0 Å². The number of aromatic hydroxyl groups is 1. The lowest BCUT2D eigenvalue weighted by Crippen LogP contribution is -2.01. The van der Waals surface area contributed by atoms with Gasteiger partial charge in [-0.25, -0.2) is 8.42 Å². The fourth-order valence-electron chi connectivity index (χ4n) is 3.49. The third-order valence-corrected chi connectivity index (χ3v) is 8.98. The number of azo groups is 1. The van der Waals surface area contributed by atoms with E-state index >= 15 is 0 Å². The van der Waals surface area contributed by atoms with Gasteiger partial charge in [-0.15, -0.1) is 10.2 Å². The molecule has 0 radical (unpaired) electrons. The van der Waals surface area contributed by atoms with E-state index in [4.69, 9.17) is 0 Å². The van der Waals surface area contributed by atoms with Crippen LogP contribution in [0.3, 0.4) is 0 Å². The molecule has 0 aliphatic carbocycles. The first-order valence-electron chi connectivity index (χ1n) is 9.31. The SMILES string of the molecule is O=S(=O)(O)c1cc(S(=O)(=O)I)c2c(N=Nc3ccc(S(=O)(=O)O)c4ccccc34)c(O)ccc2c1. The van der Waals surface area contributed by atoms with Gasteiger partial charge in [0.05, 0.1) is 36.7 Å². The highest BCUT2D eigenvalue weighted by Crippen LogP contribution is 2.42. The van der Waals surface area contributed by atoms with E-state index in [1.807, 2.05) is 0 Å². The number of benzene rings is 4. The Morgan fingerprint density at radius 2 is 1.37 bits per heavy atom. The molecule has 15 heteroatoms. The van der Waals surface area contributed by atoms with Crippen molar-refractivity contribution in [1.82, 2.24) is 0 Å². The van der Waals surface area contributed by atoms with Gasteiger partial charge >= 0.3 is 0 Å². The molecule has 0 fully saturated rings. The molecule has 4 rings (SSSR count). The molecule has 4 aromatic rings. The van der Waals surface area contributed by atoms with Gasteiger partial charge in [0.15, 0.2) is 0 Å². The Bertz CT molecular complexity index is 1890. The van der Waals surface area contributed by atoms with Crippen molar-refractivity contribution in [2.75, 3.05) is 0 Å². The minimum atomic E-state index is -4.75. The van der Waals surface area contributed by atoms with Crippen LogP contribution >= 0.6 is 21.2 Å². The maximum atomic E-state index is 12.4. The molecule has 11 nitrogen and oxygen atoms in total. The van der Waals surface area contributed by atoms with E-state index in [9.17, 15) is 39.5 Å². The third-order valence-electron chi connectivity index (χ3n) is 4.96. The van der Waals surface area contributed by atoms with Gasteiger partial charge in [0.25, 0.3) is 20.2 Å². The Morgan fingerprint density at radius 3 is 1.97 bits per heavy atom. The molecular weight excluding hydrogens is 635 g/mol. The second kappa shape index (κ2) is 8.75. The van der Waals surface area contributed by atoms with Crippen LogP contribution in [0.25, 0.3) is 21.5 Å². The number of hydrogen-bond donors (Lipinski definition) is 3. The number of phenols is 1. The number of nitrogens with zero attached hydrogens (tertiary/aromatic N) is 2. The zero-order chi connectivity index (χ0) is 25.8. The van der Waals surface area contributed by atoms with E-state index in [0.29, 0.717) is 5.39 Å². The Hall–Kier alpha value is -2.70. The van der Waals surface area contributed by atoms with Crippen molar-refractivity contribution in [3.05, 3.63) is 60.7 Å². The molecule has 182 valence electrons. The molecule has 0 heterocycles. The molecule has 0 saturated heterocycles. The van der Waals surface area contributed by atoms with Crippen molar-refractivity contribution in [1.29, 1.82) is 0 Å². The van der Waals surface area contributed by atoms with Gasteiger partial charge in [-0.1, -0.05) is 30.3 Å². The highest BCUT2D eigenvalue weighted by Gasteiger charge is 2.24. The van der Waals surface area contributed by atoms with Gasteiger partial charge < -0.3 is 5.11 Å². The molecule has 35 heavy (non-hydrogen) atoms. The van der Waals surface area contributed by atoms with Gasteiger partial charge in [0, 0.05) is 16.2 Å². The Labute approximate surface area is 211 Å². The minimum Gasteiger partial charge on any atom is -0.506 e. The fraction of sp³-hybridized carbons (Fsp3) is 0. The molecular formula is C20H13IN2O9S3. The summed E-state index contributed by atoms with van der Waals surface area (Å²) in [5, 5.41) is 18.8. The first-order chi connectivity index (χ1) is 16.2. The molecule has 0 aliphatic rings. The zero-order valence-electron chi connectivity index (χ0n) is 17.1. The number of hydrogen-bond acceptors (Lipinski definition) is 9. The van der Waals surface area contributed by atoms with E-state index < -0.39 is 42.8 Å². The van der Waals surface area contributed by atoms with Crippen molar-refractivity contribution in [2.45, 2.75) is 14.7 Å². The summed E-state index contributed by atoms with van der Waals surface area (Å²) in [4.78, 5) is -1.55. The molecule has 0 saturated carbocycles. The van der Waals surface area contributed by atoms with Crippen LogP contribution in [0.5, 0.6) is 5.75 Å². The predicted octanol–water partition coefficient (Wildman–Crippen LogP) is 4.73. The van der Waals surface area contributed by atoms with Crippen LogP contribution in [-0.2, 0) is 27.2 Å². The summed E-state index contributed by atoms with van der Waals surface area (Å²) in [7, 11) is -13.4. The standard InChI is InChI=1S/C20H13IN2O9S3/c21-33(25,26)18-10-12(34(27,28)29)9-11-5-7-16(24)20(19(11)18)23-22-15-6-8-17(35(30,31)32)14-4-2-1-3-13(14)15/h1-10,24H,(H,27,28,29)(H,30,31,32). The lowest BCUT2D eigenvalue weighted by atomic mass is 10.1. The summed E-state index contributed by atoms with van der Waals surface area (Å²) in [6, 6.07) is 12.7. The average molecular weight is 648 g/mol. The average Bonchev–Trinajstić information content (AvgIpc) is 2.75. The fourth-order valence-corrected chi connectivity index (χ4v) is 6.57. The second-order valence-corrected chi connectivity index (χ2v) is 14.8. The monoisotopic (exact) mass is 648 g/mol. The third kappa shape index (κ3) is 5.00. The molecule has 4 aromatic carbocycles. The predicted molar refractivity (Wildman–Crippen MR) is 135 cm³/mol. The summed E-state index contributed by atoms with van der Waals surface area (Å²) in [6.45, 7) is 0. The summed E-state index contributed by atoms with van der Waals surface area (Å²) in [5.74, 6) is -0.471. The van der Waals surface area contributed by atoms with E-state index in [1.54, 1.807) is 12.1 Å².